The van der Waals surface area contributed by atoms with Crippen molar-refractivity contribution in [3.05, 3.63) is 22.3 Å². The zero-order chi connectivity index (χ0) is 13.4. The molecule has 0 aliphatic rings. The molecule has 0 saturated carbocycles. The van der Waals surface area contributed by atoms with Gasteiger partial charge in [-0.25, -0.2) is 4.98 Å². The summed E-state index contributed by atoms with van der Waals surface area (Å²) in [6.45, 7) is 1.92. The lowest BCUT2D eigenvalue weighted by Gasteiger charge is -2.19. The number of pyridine rings is 1. The van der Waals surface area contributed by atoms with Gasteiger partial charge >= 0.3 is 0 Å². The largest absolute Gasteiger partial charge is 0.383 e. The molecule has 0 aliphatic heterocycles. The van der Waals surface area contributed by atoms with Crippen LogP contribution in [0.15, 0.2) is 16.7 Å². The van der Waals surface area contributed by atoms with E-state index in [2.05, 4.69) is 20.9 Å². The number of ether oxygens (including phenoxy) is 2. The number of methoxy groups -OCH3 is 2. The summed E-state index contributed by atoms with van der Waals surface area (Å²) in [7, 11) is 6.98. The molecule has 1 heterocycles. The Morgan fingerprint density at radius 3 is 2.12 bits per heavy atom. The van der Waals surface area contributed by atoms with Crippen LogP contribution >= 0.6 is 15.9 Å². The van der Waals surface area contributed by atoms with Gasteiger partial charge in [0, 0.05) is 24.9 Å². The molecule has 0 fully saturated rings. The van der Waals surface area contributed by atoms with Crippen LogP contribution in [-0.2, 0) is 9.47 Å². The third-order valence-corrected chi connectivity index (χ3v) is 2.34. The SMILES string of the molecule is COC(OC)N(C)C.Cc1cc(Br)cnc1N. The van der Waals surface area contributed by atoms with Gasteiger partial charge in [0.25, 0.3) is 0 Å². The second-order valence-electron chi connectivity index (χ2n) is 3.60. The van der Waals surface area contributed by atoms with Gasteiger partial charge in [0.2, 0.25) is 6.41 Å². The number of aromatic nitrogens is 1. The zero-order valence-corrected chi connectivity index (χ0v) is 12.5. The van der Waals surface area contributed by atoms with E-state index in [0.29, 0.717) is 5.82 Å². The Morgan fingerprint density at radius 1 is 1.35 bits per heavy atom. The minimum absolute atomic E-state index is 0.213. The Bertz CT molecular complexity index is 330. The Kier molecular flexibility index (Phi) is 8.07. The summed E-state index contributed by atoms with van der Waals surface area (Å²) < 4.78 is 10.7. The van der Waals surface area contributed by atoms with Crippen LogP contribution in [0, 0.1) is 6.92 Å². The molecule has 0 spiro atoms. The van der Waals surface area contributed by atoms with E-state index in [-0.39, 0.29) is 6.41 Å². The summed E-state index contributed by atoms with van der Waals surface area (Å²) in [4.78, 5) is 5.74. The van der Waals surface area contributed by atoms with Gasteiger partial charge in [-0.1, -0.05) is 0 Å². The van der Waals surface area contributed by atoms with E-state index in [1.165, 1.54) is 0 Å². The van der Waals surface area contributed by atoms with Crippen molar-refractivity contribution in [2.45, 2.75) is 13.3 Å². The predicted octanol–water partition coefficient (Wildman–Crippen LogP) is 1.86. The van der Waals surface area contributed by atoms with Gasteiger partial charge < -0.3 is 15.2 Å². The third kappa shape index (κ3) is 6.58. The fourth-order valence-corrected chi connectivity index (χ4v) is 1.51. The highest BCUT2D eigenvalue weighted by Crippen LogP contribution is 2.13. The molecule has 0 atom stereocenters. The highest BCUT2D eigenvalue weighted by molar-refractivity contribution is 9.10. The Morgan fingerprint density at radius 2 is 1.88 bits per heavy atom. The molecule has 5 nitrogen and oxygen atoms in total. The molecule has 0 aromatic carbocycles. The topological polar surface area (TPSA) is 60.6 Å². The number of rotatable bonds is 3. The van der Waals surface area contributed by atoms with Gasteiger partial charge in [0.05, 0.1) is 0 Å². The minimum atomic E-state index is -0.213. The molecule has 0 bridgehead atoms. The minimum Gasteiger partial charge on any atom is -0.383 e. The van der Waals surface area contributed by atoms with Crippen LogP contribution in [0.2, 0.25) is 0 Å². The summed E-state index contributed by atoms with van der Waals surface area (Å²) in [6.07, 6.45) is 1.47. The number of nitrogens with two attached hydrogens (primary N) is 1. The number of nitrogens with zero attached hydrogens (tertiary/aromatic N) is 2. The number of anilines is 1. The second-order valence-corrected chi connectivity index (χ2v) is 4.51. The lowest BCUT2D eigenvalue weighted by Crippen LogP contribution is -2.30. The first kappa shape index (κ1) is 16.3. The number of nitrogen functional groups attached to an aromatic ring is 1. The molecule has 0 aliphatic carbocycles. The number of aryl methyl sites for hydroxylation is 1. The van der Waals surface area contributed by atoms with E-state index in [1.807, 2.05) is 32.0 Å². The van der Waals surface area contributed by atoms with Crippen LogP contribution in [0.3, 0.4) is 0 Å². The fourth-order valence-electron chi connectivity index (χ4n) is 1.07. The lowest BCUT2D eigenvalue weighted by atomic mass is 10.3. The van der Waals surface area contributed by atoms with Crippen molar-refractivity contribution in [1.82, 2.24) is 9.88 Å². The Labute approximate surface area is 111 Å². The molecule has 1 aromatic heterocycles. The van der Waals surface area contributed by atoms with Crippen molar-refractivity contribution in [3.63, 3.8) is 0 Å². The molecule has 0 saturated heterocycles. The second kappa shape index (κ2) is 8.41. The van der Waals surface area contributed by atoms with E-state index >= 15 is 0 Å². The third-order valence-electron chi connectivity index (χ3n) is 1.91. The van der Waals surface area contributed by atoms with Crippen LogP contribution in [-0.4, -0.2) is 44.6 Å². The van der Waals surface area contributed by atoms with Crippen molar-refractivity contribution >= 4 is 21.7 Å². The van der Waals surface area contributed by atoms with E-state index in [1.54, 1.807) is 20.4 Å². The van der Waals surface area contributed by atoms with Gasteiger partial charge in [-0.15, -0.1) is 0 Å². The number of hydrogen-bond acceptors (Lipinski definition) is 5. The van der Waals surface area contributed by atoms with Crippen LogP contribution in [0.1, 0.15) is 5.56 Å². The van der Waals surface area contributed by atoms with Crippen molar-refractivity contribution in [1.29, 1.82) is 0 Å². The number of halogens is 1. The van der Waals surface area contributed by atoms with Crippen molar-refractivity contribution in [2.24, 2.45) is 0 Å². The molecule has 17 heavy (non-hydrogen) atoms. The molecule has 0 radical (unpaired) electrons. The Balaban J connectivity index is 0.000000304. The normalized spacial score (nSPS) is 10.4. The average Bonchev–Trinajstić information content (AvgIpc) is 2.26. The maximum Gasteiger partial charge on any atom is 0.217 e. The molecule has 1 aromatic rings. The van der Waals surface area contributed by atoms with Gasteiger partial charge in [-0.05, 0) is 48.6 Å². The van der Waals surface area contributed by atoms with Crippen molar-refractivity contribution in [3.8, 4) is 0 Å². The zero-order valence-electron chi connectivity index (χ0n) is 10.9. The lowest BCUT2D eigenvalue weighted by molar-refractivity contribution is -0.179. The summed E-state index contributed by atoms with van der Waals surface area (Å²) >= 11 is 3.28. The van der Waals surface area contributed by atoms with E-state index in [9.17, 15) is 0 Å². The summed E-state index contributed by atoms with van der Waals surface area (Å²) in [6, 6.07) is 1.93. The maximum atomic E-state index is 5.46. The summed E-state index contributed by atoms with van der Waals surface area (Å²) in [5, 5.41) is 0. The molecule has 98 valence electrons. The Hall–Kier alpha value is -0.690. The molecular formula is C11H20BrN3O2. The van der Waals surface area contributed by atoms with E-state index in [4.69, 9.17) is 15.2 Å². The highest BCUT2D eigenvalue weighted by Gasteiger charge is 2.04. The van der Waals surface area contributed by atoms with Crippen LogP contribution in [0.5, 0.6) is 0 Å². The fraction of sp³-hybridized carbons (Fsp3) is 0.545. The van der Waals surface area contributed by atoms with Crippen molar-refractivity contribution in [2.75, 3.05) is 34.0 Å². The standard InChI is InChI=1S/C6H7BrN2.C5H13NO2/c1-4-2-5(7)3-9-6(4)8;1-6(2)5(7-3)8-4/h2-3H,1H3,(H2,8,9);5H,1-4H3. The van der Waals surface area contributed by atoms with Gasteiger partial charge in [0.15, 0.2) is 0 Å². The van der Waals surface area contributed by atoms with Crippen LogP contribution in [0.25, 0.3) is 0 Å². The highest BCUT2D eigenvalue weighted by atomic mass is 79.9. The summed E-state index contributed by atoms with van der Waals surface area (Å²) in [5.74, 6) is 0.596. The molecule has 0 unspecified atom stereocenters. The van der Waals surface area contributed by atoms with Crippen LogP contribution in [0.4, 0.5) is 5.82 Å². The first-order chi connectivity index (χ1) is 7.92. The first-order valence-corrected chi connectivity index (χ1v) is 5.81. The maximum absolute atomic E-state index is 5.46. The average molecular weight is 306 g/mol. The molecule has 2 N–H and O–H groups in total. The molecule has 6 heteroatoms. The van der Waals surface area contributed by atoms with Gasteiger partial charge in [0.1, 0.15) is 5.82 Å². The predicted molar refractivity (Wildman–Crippen MR) is 72.6 cm³/mol. The monoisotopic (exact) mass is 305 g/mol. The smallest absolute Gasteiger partial charge is 0.217 e. The van der Waals surface area contributed by atoms with E-state index in [0.717, 1.165) is 10.0 Å². The molecule has 0 amide bonds. The van der Waals surface area contributed by atoms with Crippen LogP contribution < -0.4 is 5.73 Å². The summed E-state index contributed by atoms with van der Waals surface area (Å²) in [5.41, 5.74) is 6.46. The molecule has 1 rings (SSSR count). The van der Waals surface area contributed by atoms with E-state index < -0.39 is 0 Å². The van der Waals surface area contributed by atoms with Gasteiger partial charge in [-0.2, -0.15) is 0 Å². The van der Waals surface area contributed by atoms with Gasteiger partial charge in [-0.3, -0.25) is 4.90 Å². The molecular weight excluding hydrogens is 286 g/mol. The quantitative estimate of drug-likeness (QED) is 0.864. The first-order valence-electron chi connectivity index (χ1n) is 5.02. The van der Waals surface area contributed by atoms with Crippen molar-refractivity contribution < 1.29 is 9.47 Å². The number of hydrogen-bond donors (Lipinski definition) is 1.